The Kier molecular flexibility index (Phi) is 5.46. The number of hydrogen-bond donors (Lipinski definition) is 1. The molecule has 30 heavy (non-hydrogen) atoms. The van der Waals surface area contributed by atoms with Crippen molar-refractivity contribution in [2.75, 3.05) is 5.32 Å². The second-order valence-electron chi connectivity index (χ2n) is 7.23. The van der Waals surface area contributed by atoms with Crippen molar-refractivity contribution in [3.63, 3.8) is 0 Å². The van der Waals surface area contributed by atoms with Crippen molar-refractivity contribution < 1.29 is 13.9 Å². The quantitative estimate of drug-likeness (QED) is 0.419. The zero-order chi connectivity index (χ0) is 21.3. The molecule has 6 heteroatoms. The number of halogens is 1. The summed E-state index contributed by atoms with van der Waals surface area (Å²) in [4.78, 5) is 17.2. The number of fused-ring (bicyclic) bond motifs is 1. The van der Waals surface area contributed by atoms with Crippen molar-refractivity contribution >= 4 is 34.3 Å². The van der Waals surface area contributed by atoms with Gasteiger partial charge in [0.2, 0.25) is 5.89 Å². The van der Waals surface area contributed by atoms with Gasteiger partial charge in [-0.1, -0.05) is 23.7 Å². The normalized spacial score (nSPS) is 12.0. The molecular weight excluding hydrogens is 400 g/mol. The lowest BCUT2D eigenvalue weighted by Crippen LogP contribution is -2.30. The second kappa shape index (κ2) is 8.20. The lowest BCUT2D eigenvalue weighted by Gasteiger charge is -2.16. The van der Waals surface area contributed by atoms with Gasteiger partial charge in [-0.05, 0) is 80.4 Å². The summed E-state index contributed by atoms with van der Waals surface area (Å²) in [5, 5.41) is 3.51. The molecule has 0 saturated heterocycles. The molecule has 0 aliphatic rings. The Labute approximate surface area is 179 Å². The molecule has 0 bridgehead atoms. The summed E-state index contributed by atoms with van der Waals surface area (Å²) in [5.41, 5.74) is 4.94. The summed E-state index contributed by atoms with van der Waals surface area (Å²) in [6.07, 6.45) is -0.680. The van der Waals surface area contributed by atoms with E-state index in [0.29, 0.717) is 22.4 Å². The van der Waals surface area contributed by atoms with Crippen LogP contribution in [0.2, 0.25) is 5.02 Å². The molecule has 1 atom stereocenters. The van der Waals surface area contributed by atoms with Crippen LogP contribution in [0, 0.1) is 13.8 Å². The highest BCUT2D eigenvalue weighted by Crippen LogP contribution is 2.27. The fraction of sp³-hybridized carbons (Fsp3) is 0.167. The van der Waals surface area contributed by atoms with E-state index in [1.54, 1.807) is 25.1 Å². The van der Waals surface area contributed by atoms with Gasteiger partial charge >= 0.3 is 0 Å². The summed E-state index contributed by atoms with van der Waals surface area (Å²) in [6.45, 7) is 5.60. The Balaban J connectivity index is 1.49. The zero-order valence-electron chi connectivity index (χ0n) is 16.9. The average Bonchev–Trinajstić information content (AvgIpc) is 3.13. The smallest absolute Gasteiger partial charge is 0.265 e. The fourth-order valence-electron chi connectivity index (χ4n) is 3.12. The molecule has 1 amide bonds. The minimum Gasteiger partial charge on any atom is -0.481 e. The molecule has 0 saturated carbocycles. The van der Waals surface area contributed by atoms with Crippen LogP contribution in [0.1, 0.15) is 18.1 Å². The minimum atomic E-state index is -0.680. The summed E-state index contributed by atoms with van der Waals surface area (Å²) < 4.78 is 11.7. The first-order valence-electron chi connectivity index (χ1n) is 9.60. The van der Waals surface area contributed by atoms with Gasteiger partial charge in [-0.3, -0.25) is 4.79 Å². The highest BCUT2D eigenvalue weighted by molar-refractivity contribution is 6.30. The number of aryl methyl sites for hydroxylation is 2. The average molecular weight is 421 g/mol. The third kappa shape index (κ3) is 4.31. The molecule has 1 N–H and O–H groups in total. The Bertz CT molecular complexity index is 1230. The molecule has 0 fully saturated rings. The number of ether oxygens (including phenoxy) is 1. The predicted octanol–water partition coefficient (Wildman–Crippen LogP) is 6.17. The molecule has 1 heterocycles. The molecule has 1 aromatic heterocycles. The SMILES string of the molecule is Cc1ccc2oc(-c3cccc(NC(=O)[C@H](C)Oc4ccc(Cl)cc4C)c3)nc2c1. The van der Waals surface area contributed by atoms with Gasteiger partial charge in [0, 0.05) is 16.3 Å². The van der Waals surface area contributed by atoms with Crippen LogP contribution in [0.4, 0.5) is 5.69 Å². The van der Waals surface area contributed by atoms with Gasteiger partial charge in [0.1, 0.15) is 11.3 Å². The molecule has 0 aliphatic heterocycles. The van der Waals surface area contributed by atoms with Gasteiger partial charge in [0.05, 0.1) is 0 Å². The number of nitrogens with zero attached hydrogens (tertiary/aromatic N) is 1. The van der Waals surface area contributed by atoms with Crippen molar-refractivity contribution in [3.8, 4) is 17.2 Å². The van der Waals surface area contributed by atoms with Gasteiger partial charge in [-0.25, -0.2) is 4.98 Å². The lowest BCUT2D eigenvalue weighted by molar-refractivity contribution is -0.122. The molecule has 5 nitrogen and oxygen atoms in total. The van der Waals surface area contributed by atoms with Gasteiger partial charge < -0.3 is 14.5 Å². The lowest BCUT2D eigenvalue weighted by atomic mass is 10.2. The highest BCUT2D eigenvalue weighted by Gasteiger charge is 2.17. The molecule has 0 radical (unpaired) electrons. The van der Waals surface area contributed by atoms with E-state index < -0.39 is 6.10 Å². The first-order valence-corrected chi connectivity index (χ1v) is 9.98. The standard InChI is InChI=1S/C24H21ClN2O3/c1-14-7-9-22-20(11-14)27-24(30-22)17-5-4-6-19(13-17)26-23(28)16(3)29-21-10-8-18(25)12-15(21)2/h4-13,16H,1-3H3,(H,26,28)/t16-/m0/s1. The molecule has 4 aromatic rings. The van der Waals surface area contributed by atoms with Gasteiger partial charge in [0.25, 0.3) is 5.91 Å². The van der Waals surface area contributed by atoms with Crippen LogP contribution in [-0.4, -0.2) is 17.0 Å². The Morgan fingerprint density at radius 1 is 1.10 bits per heavy atom. The molecule has 0 spiro atoms. The minimum absolute atomic E-state index is 0.255. The first-order chi connectivity index (χ1) is 14.4. The summed E-state index contributed by atoms with van der Waals surface area (Å²) in [5.74, 6) is 0.875. The number of rotatable bonds is 5. The molecule has 152 valence electrons. The van der Waals surface area contributed by atoms with Crippen molar-refractivity contribution in [2.45, 2.75) is 26.9 Å². The van der Waals surface area contributed by atoms with Crippen LogP contribution in [0.5, 0.6) is 5.75 Å². The van der Waals surface area contributed by atoms with Crippen LogP contribution < -0.4 is 10.1 Å². The van der Waals surface area contributed by atoms with Crippen molar-refractivity contribution in [1.82, 2.24) is 4.98 Å². The third-order valence-corrected chi connectivity index (χ3v) is 4.97. The number of nitrogens with one attached hydrogen (secondary N) is 1. The second-order valence-corrected chi connectivity index (χ2v) is 7.67. The van der Waals surface area contributed by atoms with Crippen LogP contribution in [-0.2, 0) is 4.79 Å². The number of aromatic nitrogens is 1. The van der Waals surface area contributed by atoms with Crippen LogP contribution >= 0.6 is 11.6 Å². The number of amides is 1. The van der Waals surface area contributed by atoms with Gasteiger partial charge in [-0.15, -0.1) is 0 Å². The maximum atomic E-state index is 12.6. The molecule has 0 unspecified atom stereocenters. The van der Waals surface area contributed by atoms with E-state index in [1.165, 1.54) is 0 Å². The van der Waals surface area contributed by atoms with E-state index in [1.807, 2.05) is 56.3 Å². The number of oxazole rings is 1. The maximum absolute atomic E-state index is 12.6. The molecule has 3 aromatic carbocycles. The zero-order valence-corrected chi connectivity index (χ0v) is 17.7. The van der Waals surface area contributed by atoms with Crippen LogP contribution in [0.25, 0.3) is 22.6 Å². The Morgan fingerprint density at radius 2 is 1.93 bits per heavy atom. The van der Waals surface area contributed by atoms with Gasteiger partial charge in [0.15, 0.2) is 11.7 Å². The molecular formula is C24H21ClN2O3. The highest BCUT2D eigenvalue weighted by atomic mass is 35.5. The molecule has 4 rings (SSSR count). The van der Waals surface area contributed by atoms with Crippen LogP contribution in [0.15, 0.2) is 65.1 Å². The van der Waals surface area contributed by atoms with Crippen molar-refractivity contribution in [1.29, 1.82) is 0 Å². The summed E-state index contributed by atoms with van der Waals surface area (Å²) in [6, 6.07) is 18.5. The largest absolute Gasteiger partial charge is 0.481 e. The van der Waals surface area contributed by atoms with Crippen molar-refractivity contribution in [2.24, 2.45) is 0 Å². The summed E-state index contributed by atoms with van der Waals surface area (Å²) >= 11 is 5.97. The van der Waals surface area contributed by atoms with Crippen LogP contribution in [0.3, 0.4) is 0 Å². The first kappa shape index (κ1) is 20.0. The maximum Gasteiger partial charge on any atom is 0.265 e. The number of carbonyl (C=O) groups excluding carboxylic acids is 1. The number of carbonyl (C=O) groups is 1. The topological polar surface area (TPSA) is 64.4 Å². The van der Waals surface area contributed by atoms with Gasteiger partial charge in [-0.2, -0.15) is 0 Å². The molecule has 0 aliphatic carbocycles. The monoisotopic (exact) mass is 420 g/mol. The van der Waals surface area contributed by atoms with E-state index in [9.17, 15) is 4.79 Å². The third-order valence-electron chi connectivity index (χ3n) is 4.73. The van der Waals surface area contributed by atoms with Crippen molar-refractivity contribution in [3.05, 3.63) is 76.8 Å². The van der Waals surface area contributed by atoms with E-state index >= 15 is 0 Å². The Morgan fingerprint density at radius 3 is 2.73 bits per heavy atom. The van der Waals surface area contributed by atoms with E-state index in [4.69, 9.17) is 20.8 Å². The van der Waals surface area contributed by atoms with E-state index in [2.05, 4.69) is 10.3 Å². The number of anilines is 1. The predicted molar refractivity (Wildman–Crippen MR) is 119 cm³/mol. The van der Waals surface area contributed by atoms with E-state index in [0.717, 1.165) is 27.8 Å². The summed E-state index contributed by atoms with van der Waals surface area (Å²) in [7, 11) is 0. The number of benzene rings is 3. The fourth-order valence-corrected chi connectivity index (χ4v) is 3.35. The van der Waals surface area contributed by atoms with E-state index in [-0.39, 0.29) is 5.91 Å². The number of hydrogen-bond acceptors (Lipinski definition) is 4. The Hall–Kier alpha value is -3.31.